The van der Waals surface area contributed by atoms with E-state index in [-0.39, 0.29) is 0 Å². The lowest BCUT2D eigenvalue weighted by Crippen LogP contribution is -2.32. The third-order valence-electron chi connectivity index (χ3n) is 4.62. The molecule has 3 rings (SSSR count). The van der Waals surface area contributed by atoms with Gasteiger partial charge in [-0.15, -0.1) is 0 Å². The standard InChI is InChI=1S/C22H21Cl2N3O3/c1-4-19(21(28)27-18-10-9-16(23)11-17(18)24)30-22(29)15-7-5-14(6-8-15)20-25-12(2)13(3)26-20/h5-11,19H,4H2,1-3H3,(H,25,26)(H,27,28). The average molecular weight is 446 g/mol. The zero-order valence-electron chi connectivity index (χ0n) is 16.8. The summed E-state index contributed by atoms with van der Waals surface area (Å²) in [6.45, 7) is 5.63. The van der Waals surface area contributed by atoms with E-state index in [4.69, 9.17) is 27.9 Å². The number of nitrogens with zero attached hydrogens (tertiary/aromatic N) is 1. The normalized spacial score (nSPS) is 11.8. The van der Waals surface area contributed by atoms with E-state index in [0.717, 1.165) is 22.8 Å². The van der Waals surface area contributed by atoms with Crippen LogP contribution >= 0.6 is 23.2 Å². The molecule has 1 unspecified atom stereocenters. The minimum atomic E-state index is -0.959. The Kier molecular flexibility index (Phi) is 6.80. The largest absolute Gasteiger partial charge is 0.449 e. The number of esters is 1. The van der Waals surface area contributed by atoms with Gasteiger partial charge in [0.1, 0.15) is 5.82 Å². The number of hydrogen-bond donors (Lipinski definition) is 2. The molecule has 0 aliphatic carbocycles. The highest BCUT2D eigenvalue weighted by Crippen LogP contribution is 2.26. The Morgan fingerprint density at radius 2 is 1.83 bits per heavy atom. The second-order valence-corrected chi connectivity index (χ2v) is 7.63. The van der Waals surface area contributed by atoms with Gasteiger partial charge < -0.3 is 15.0 Å². The molecule has 0 fully saturated rings. The summed E-state index contributed by atoms with van der Waals surface area (Å²) in [7, 11) is 0. The number of carbonyl (C=O) groups is 2. The maximum absolute atomic E-state index is 12.5. The molecule has 1 atom stereocenters. The van der Waals surface area contributed by atoms with E-state index in [9.17, 15) is 9.59 Å². The van der Waals surface area contributed by atoms with Crippen LogP contribution in [-0.4, -0.2) is 27.9 Å². The molecule has 30 heavy (non-hydrogen) atoms. The molecule has 3 aromatic rings. The number of rotatable bonds is 6. The molecular formula is C22H21Cl2N3O3. The van der Waals surface area contributed by atoms with Crippen molar-refractivity contribution in [2.45, 2.75) is 33.3 Å². The quantitative estimate of drug-likeness (QED) is 0.485. The van der Waals surface area contributed by atoms with E-state index in [1.54, 1.807) is 43.3 Å². The first-order chi connectivity index (χ1) is 14.3. The highest BCUT2D eigenvalue weighted by atomic mass is 35.5. The van der Waals surface area contributed by atoms with Gasteiger partial charge in [-0.2, -0.15) is 0 Å². The van der Waals surface area contributed by atoms with Crippen LogP contribution in [0.4, 0.5) is 5.69 Å². The molecule has 0 saturated carbocycles. The second kappa shape index (κ2) is 9.32. The van der Waals surface area contributed by atoms with Crippen LogP contribution in [0.2, 0.25) is 10.0 Å². The topological polar surface area (TPSA) is 84.1 Å². The number of aryl methyl sites for hydroxylation is 2. The molecule has 0 aliphatic rings. The van der Waals surface area contributed by atoms with Gasteiger partial charge in [0.25, 0.3) is 5.91 Å². The molecule has 0 aliphatic heterocycles. The number of amides is 1. The van der Waals surface area contributed by atoms with Crippen molar-refractivity contribution in [3.05, 3.63) is 69.5 Å². The maximum Gasteiger partial charge on any atom is 0.338 e. The lowest BCUT2D eigenvalue weighted by atomic mass is 10.1. The van der Waals surface area contributed by atoms with Crippen molar-refractivity contribution < 1.29 is 14.3 Å². The fraction of sp³-hybridized carbons (Fsp3) is 0.227. The Morgan fingerprint density at radius 3 is 2.40 bits per heavy atom. The predicted octanol–water partition coefficient (Wildman–Crippen LogP) is 5.57. The Balaban J connectivity index is 1.67. The van der Waals surface area contributed by atoms with Crippen LogP contribution in [0.5, 0.6) is 0 Å². The first-order valence-corrected chi connectivity index (χ1v) is 10.1. The lowest BCUT2D eigenvalue weighted by molar-refractivity contribution is -0.124. The molecule has 1 heterocycles. The Hall–Kier alpha value is -2.83. The minimum absolute atomic E-state index is 0.302. The summed E-state index contributed by atoms with van der Waals surface area (Å²) in [6, 6.07) is 11.6. The van der Waals surface area contributed by atoms with Gasteiger partial charge >= 0.3 is 5.97 Å². The van der Waals surface area contributed by atoms with E-state index in [2.05, 4.69) is 15.3 Å². The number of benzene rings is 2. The highest BCUT2D eigenvalue weighted by molar-refractivity contribution is 6.36. The van der Waals surface area contributed by atoms with Crippen LogP contribution in [0.3, 0.4) is 0 Å². The molecule has 8 heteroatoms. The molecule has 0 bridgehead atoms. The molecule has 1 aromatic heterocycles. The second-order valence-electron chi connectivity index (χ2n) is 6.79. The van der Waals surface area contributed by atoms with E-state index >= 15 is 0 Å². The van der Waals surface area contributed by atoms with Crippen molar-refractivity contribution in [3.63, 3.8) is 0 Å². The molecule has 156 valence electrons. The Labute approximate surface area is 184 Å². The van der Waals surface area contributed by atoms with Gasteiger partial charge in [0.05, 0.1) is 22.0 Å². The molecule has 2 aromatic carbocycles. The third kappa shape index (κ3) is 5.01. The van der Waals surface area contributed by atoms with E-state index in [0.29, 0.717) is 27.7 Å². The van der Waals surface area contributed by atoms with Gasteiger partial charge in [-0.25, -0.2) is 9.78 Å². The van der Waals surface area contributed by atoms with Crippen molar-refractivity contribution in [3.8, 4) is 11.4 Å². The number of nitrogens with one attached hydrogen (secondary N) is 2. The van der Waals surface area contributed by atoms with Gasteiger partial charge in [0.15, 0.2) is 6.10 Å². The molecule has 2 N–H and O–H groups in total. The number of halogens is 2. The van der Waals surface area contributed by atoms with Crippen molar-refractivity contribution >= 4 is 40.8 Å². The van der Waals surface area contributed by atoms with Crippen molar-refractivity contribution in [2.75, 3.05) is 5.32 Å². The molecule has 0 radical (unpaired) electrons. The molecule has 0 spiro atoms. The first kappa shape index (κ1) is 21.9. The van der Waals surface area contributed by atoms with Crippen LogP contribution in [0.25, 0.3) is 11.4 Å². The monoisotopic (exact) mass is 445 g/mol. The number of imidazole rings is 1. The van der Waals surface area contributed by atoms with Gasteiger partial charge in [-0.1, -0.05) is 42.3 Å². The average Bonchev–Trinajstić information content (AvgIpc) is 3.06. The van der Waals surface area contributed by atoms with Crippen LogP contribution in [0.15, 0.2) is 42.5 Å². The Morgan fingerprint density at radius 1 is 1.13 bits per heavy atom. The van der Waals surface area contributed by atoms with Crippen molar-refractivity contribution in [1.82, 2.24) is 9.97 Å². The summed E-state index contributed by atoms with van der Waals surface area (Å²) in [6.07, 6.45) is -0.648. The van der Waals surface area contributed by atoms with Gasteiger partial charge in [0, 0.05) is 16.3 Å². The molecule has 6 nitrogen and oxygen atoms in total. The number of H-pyrrole nitrogens is 1. The number of aromatic amines is 1. The third-order valence-corrected chi connectivity index (χ3v) is 5.17. The lowest BCUT2D eigenvalue weighted by Gasteiger charge is -2.17. The van der Waals surface area contributed by atoms with E-state index in [1.165, 1.54) is 6.07 Å². The van der Waals surface area contributed by atoms with E-state index in [1.807, 2.05) is 13.8 Å². The van der Waals surface area contributed by atoms with Crippen LogP contribution in [0.1, 0.15) is 35.1 Å². The summed E-state index contributed by atoms with van der Waals surface area (Å²) in [4.78, 5) is 32.7. The molecule has 0 saturated heterocycles. The molecular weight excluding hydrogens is 425 g/mol. The maximum atomic E-state index is 12.5. The minimum Gasteiger partial charge on any atom is -0.449 e. The van der Waals surface area contributed by atoms with E-state index < -0.39 is 18.0 Å². The summed E-state index contributed by atoms with van der Waals surface area (Å²) >= 11 is 12.0. The fourth-order valence-electron chi connectivity index (χ4n) is 2.77. The number of hydrogen-bond acceptors (Lipinski definition) is 4. The van der Waals surface area contributed by atoms with Crippen molar-refractivity contribution in [2.24, 2.45) is 0 Å². The van der Waals surface area contributed by atoms with Gasteiger partial charge in [-0.3, -0.25) is 4.79 Å². The zero-order valence-corrected chi connectivity index (χ0v) is 18.3. The smallest absolute Gasteiger partial charge is 0.338 e. The summed E-state index contributed by atoms with van der Waals surface area (Å²) < 4.78 is 5.41. The first-order valence-electron chi connectivity index (χ1n) is 9.39. The van der Waals surface area contributed by atoms with Crippen LogP contribution in [-0.2, 0) is 9.53 Å². The van der Waals surface area contributed by atoms with Crippen LogP contribution < -0.4 is 5.32 Å². The summed E-state index contributed by atoms with van der Waals surface area (Å²) in [5.74, 6) is -0.318. The summed E-state index contributed by atoms with van der Waals surface area (Å²) in [5, 5.41) is 3.42. The number of anilines is 1. The number of aromatic nitrogens is 2. The SMILES string of the molecule is CCC(OC(=O)c1ccc(-c2nc(C)c(C)[nH]2)cc1)C(=O)Nc1ccc(Cl)cc1Cl. The van der Waals surface area contributed by atoms with Gasteiger partial charge in [0.2, 0.25) is 0 Å². The predicted molar refractivity (Wildman–Crippen MR) is 118 cm³/mol. The zero-order chi connectivity index (χ0) is 21.8. The van der Waals surface area contributed by atoms with Crippen molar-refractivity contribution in [1.29, 1.82) is 0 Å². The molecule has 1 amide bonds. The fourth-order valence-corrected chi connectivity index (χ4v) is 3.23. The van der Waals surface area contributed by atoms with Gasteiger partial charge in [-0.05, 0) is 50.6 Å². The van der Waals surface area contributed by atoms with Crippen LogP contribution in [0, 0.1) is 13.8 Å². The Bertz CT molecular complexity index is 1060. The number of ether oxygens (including phenoxy) is 1. The summed E-state index contributed by atoms with van der Waals surface area (Å²) in [5.41, 5.74) is 3.51. The number of carbonyl (C=O) groups excluding carboxylic acids is 2. The highest BCUT2D eigenvalue weighted by Gasteiger charge is 2.23.